The molecule has 0 atom stereocenters. The smallest absolute Gasteiger partial charge is 0.261 e. The number of benzene rings is 2. The molecule has 2 aromatic carbocycles. The SMILES string of the molecule is O=C1CCC(=O)N1Cc1ccc(NS(=O)(=O)c2cc(Cl)cc(Cl)c2)cc1. The van der Waals surface area contributed by atoms with Gasteiger partial charge in [0.1, 0.15) is 0 Å². The number of imide groups is 1. The van der Waals surface area contributed by atoms with Crippen LogP contribution >= 0.6 is 23.2 Å². The van der Waals surface area contributed by atoms with Crippen molar-refractivity contribution in [1.29, 1.82) is 0 Å². The number of anilines is 1. The van der Waals surface area contributed by atoms with Gasteiger partial charge >= 0.3 is 0 Å². The molecule has 9 heteroatoms. The summed E-state index contributed by atoms with van der Waals surface area (Å²) in [7, 11) is -3.85. The Morgan fingerprint density at radius 2 is 1.46 bits per heavy atom. The van der Waals surface area contributed by atoms with E-state index < -0.39 is 10.0 Å². The summed E-state index contributed by atoms with van der Waals surface area (Å²) in [5.74, 6) is -0.393. The zero-order valence-electron chi connectivity index (χ0n) is 13.4. The van der Waals surface area contributed by atoms with Crippen LogP contribution in [0, 0.1) is 0 Å². The van der Waals surface area contributed by atoms with E-state index in [-0.39, 0.29) is 46.1 Å². The number of amides is 2. The molecule has 0 radical (unpaired) electrons. The maximum absolute atomic E-state index is 12.4. The lowest BCUT2D eigenvalue weighted by atomic mass is 10.2. The van der Waals surface area contributed by atoms with Crippen LogP contribution in [-0.4, -0.2) is 25.1 Å². The monoisotopic (exact) mass is 412 g/mol. The molecule has 1 fully saturated rings. The van der Waals surface area contributed by atoms with Crippen LogP contribution in [0.15, 0.2) is 47.4 Å². The highest BCUT2D eigenvalue weighted by atomic mass is 35.5. The van der Waals surface area contributed by atoms with Crippen LogP contribution in [0.4, 0.5) is 5.69 Å². The third kappa shape index (κ3) is 4.17. The summed E-state index contributed by atoms with van der Waals surface area (Å²) >= 11 is 11.7. The van der Waals surface area contributed by atoms with Crippen LogP contribution in [0.25, 0.3) is 0 Å². The molecule has 3 rings (SSSR count). The predicted octanol–water partition coefficient (Wildman–Crippen LogP) is 3.44. The molecule has 1 aliphatic heterocycles. The maximum Gasteiger partial charge on any atom is 0.261 e. The van der Waals surface area contributed by atoms with Gasteiger partial charge in [0, 0.05) is 28.6 Å². The fourth-order valence-electron chi connectivity index (χ4n) is 2.56. The van der Waals surface area contributed by atoms with E-state index in [9.17, 15) is 18.0 Å². The third-order valence-electron chi connectivity index (χ3n) is 3.85. The van der Waals surface area contributed by atoms with Gasteiger partial charge in [-0.25, -0.2) is 8.42 Å². The zero-order valence-corrected chi connectivity index (χ0v) is 15.7. The number of halogens is 2. The number of likely N-dealkylation sites (tertiary alicyclic amines) is 1. The van der Waals surface area contributed by atoms with Crippen molar-refractivity contribution in [3.05, 3.63) is 58.1 Å². The second-order valence-corrected chi connectivity index (χ2v) is 8.34. The van der Waals surface area contributed by atoms with Gasteiger partial charge in [-0.2, -0.15) is 0 Å². The second kappa shape index (κ2) is 7.26. The van der Waals surface area contributed by atoms with Gasteiger partial charge in [0.2, 0.25) is 11.8 Å². The Morgan fingerprint density at radius 3 is 2.00 bits per heavy atom. The second-order valence-electron chi connectivity index (χ2n) is 5.78. The lowest BCUT2D eigenvalue weighted by molar-refractivity contribution is -0.139. The molecule has 0 aliphatic carbocycles. The fraction of sp³-hybridized carbons (Fsp3) is 0.176. The number of nitrogens with zero attached hydrogens (tertiary/aromatic N) is 1. The van der Waals surface area contributed by atoms with Crippen molar-refractivity contribution in [2.75, 3.05) is 4.72 Å². The minimum absolute atomic E-state index is 0.0488. The predicted molar refractivity (Wildman–Crippen MR) is 98.5 cm³/mol. The average Bonchev–Trinajstić information content (AvgIpc) is 2.87. The van der Waals surface area contributed by atoms with Gasteiger partial charge in [-0.3, -0.25) is 19.2 Å². The molecule has 0 bridgehead atoms. The number of carbonyl (C=O) groups excluding carboxylic acids is 2. The van der Waals surface area contributed by atoms with E-state index in [1.807, 2.05) is 0 Å². The molecule has 26 heavy (non-hydrogen) atoms. The normalized spacial score (nSPS) is 14.8. The standard InChI is InChI=1S/C17H14Cl2N2O4S/c18-12-7-13(19)9-15(8-12)26(24,25)20-14-3-1-11(2-4-14)10-21-16(22)5-6-17(21)23/h1-4,7-9,20H,5-6,10H2. The van der Waals surface area contributed by atoms with E-state index >= 15 is 0 Å². The van der Waals surface area contributed by atoms with Crippen molar-refractivity contribution < 1.29 is 18.0 Å². The number of rotatable bonds is 5. The molecule has 1 aliphatic rings. The highest BCUT2D eigenvalue weighted by Crippen LogP contribution is 2.24. The first-order chi connectivity index (χ1) is 12.2. The van der Waals surface area contributed by atoms with Crippen molar-refractivity contribution in [2.45, 2.75) is 24.3 Å². The molecule has 0 unspecified atom stereocenters. The van der Waals surface area contributed by atoms with Crippen LogP contribution < -0.4 is 4.72 Å². The van der Waals surface area contributed by atoms with Crippen LogP contribution in [0.2, 0.25) is 10.0 Å². The Hall–Kier alpha value is -2.09. The lowest BCUT2D eigenvalue weighted by Crippen LogP contribution is -2.28. The Kier molecular flexibility index (Phi) is 5.22. The molecule has 136 valence electrons. The average molecular weight is 413 g/mol. The minimum atomic E-state index is -3.85. The number of hydrogen-bond acceptors (Lipinski definition) is 4. The molecule has 2 aromatic rings. The van der Waals surface area contributed by atoms with E-state index in [4.69, 9.17) is 23.2 Å². The number of sulfonamides is 1. The highest BCUT2D eigenvalue weighted by Gasteiger charge is 2.28. The molecule has 1 heterocycles. The lowest BCUT2D eigenvalue weighted by Gasteiger charge is -2.14. The Labute approximate surface area is 160 Å². The quantitative estimate of drug-likeness (QED) is 0.762. The molecule has 2 amide bonds. The van der Waals surface area contributed by atoms with Crippen LogP contribution in [-0.2, 0) is 26.2 Å². The number of carbonyl (C=O) groups is 2. The third-order valence-corrected chi connectivity index (χ3v) is 5.65. The summed E-state index contributed by atoms with van der Waals surface area (Å²) in [6, 6.07) is 10.5. The van der Waals surface area contributed by atoms with Crippen molar-refractivity contribution in [3.8, 4) is 0 Å². The van der Waals surface area contributed by atoms with Gasteiger partial charge in [-0.1, -0.05) is 35.3 Å². The minimum Gasteiger partial charge on any atom is -0.280 e. The number of hydrogen-bond donors (Lipinski definition) is 1. The van der Waals surface area contributed by atoms with E-state index in [2.05, 4.69) is 4.72 Å². The summed E-state index contributed by atoms with van der Waals surface area (Å²) < 4.78 is 27.3. The Balaban J connectivity index is 1.74. The van der Waals surface area contributed by atoms with E-state index in [0.29, 0.717) is 5.69 Å². The van der Waals surface area contributed by atoms with Crippen LogP contribution in [0.5, 0.6) is 0 Å². The summed E-state index contributed by atoms with van der Waals surface area (Å²) in [6.07, 6.45) is 0.470. The molecule has 0 saturated carbocycles. The molecular formula is C17H14Cl2N2O4S. The Morgan fingerprint density at radius 1 is 0.923 bits per heavy atom. The molecule has 0 aromatic heterocycles. The van der Waals surface area contributed by atoms with Crippen molar-refractivity contribution >= 4 is 50.7 Å². The topological polar surface area (TPSA) is 83.6 Å². The van der Waals surface area contributed by atoms with Gasteiger partial charge in [0.15, 0.2) is 0 Å². The van der Waals surface area contributed by atoms with Gasteiger partial charge in [-0.05, 0) is 35.9 Å². The molecule has 1 saturated heterocycles. The van der Waals surface area contributed by atoms with Gasteiger partial charge in [-0.15, -0.1) is 0 Å². The molecule has 6 nitrogen and oxygen atoms in total. The zero-order chi connectivity index (χ0) is 18.9. The fourth-order valence-corrected chi connectivity index (χ4v) is 4.34. The van der Waals surface area contributed by atoms with E-state index in [1.54, 1.807) is 24.3 Å². The highest BCUT2D eigenvalue weighted by molar-refractivity contribution is 7.92. The van der Waals surface area contributed by atoms with Crippen LogP contribution in [0.3, 0.4) is 0 Å². The van der Waals surface area contributed by atoms with Crippen molar-refractivity contribution in [3.63, 3.8) is 0 Å². The van der Waals surface area contributed by atoms with Gasteiger partial charge in [0.05, 0.1) is 11.4 Å². The molecule has 1 N–H and O–H groups in total. The number of nitrogens with one attached hydrogen (secondary N) is 1. The Bertz CT molecular complexity index is 939. The molecular weight excluding hydrogens is 399 g/mol. The first-order valence-electron chi connectivity index (χ1n) is 7.66. The summed E-state index contributed by atoms with van der Waals surface area (Å²) in [4.78, 5) is 24.4. The largest absolute Gasteiger partial charge is 0.280 e. The van der Waals surface area contributed by atoms with Gasteiger partial charge < -0.3 is 0 Å². The van der Waals surface area contributed by atoms with E-state index in [0.717, 1.165) is 5.56 Å². The summed E-state index contributed by atoms with van der Waals surface area (Å²) in [6.45, 7) is 0.175. The summed E-state index contributed by atoms with van der Waals surface area (Å²) in [5, 5.41) is 0.432. The van der Waals surface area contributed by atoms with Crippen LogP contribution in [0.1, 0.15) is 18.4 Å². The maximum atomic E-state index is 12.4. The first-order valence-corrected chi connectivity index (χ1v) is 9.89. The van der Waals surface area contributed by atoms with Crippen molar-refractivity contribution in [2.24, 2.45) is 0 Å². The van der Waals surface area contributed by atoms with E-state index in [1.165, 1.54) is 23.1 Å². The van der Waals surface area contributed by atoms with Crippen molar-refractivity contribution in [1.82, 2.24) is 4.90 Å². The van der Waals surface area contributed by atoms with Gasteiger partial charge in [0.25, 0.3) is 10.0 Å². The summed E-state index contributed by atoms with van der Waals surface area (Å²) in [5.41, 5.74) is 1.06. The molecule has 0 spiro atoms. The first kappa shape index (κ1) is 18.7.